The maximum absolute atomic E-state index is 13.0. The van der Waals surface area contributed by atoms with Crippen LogP contribution in [0.5, 0.6) is 17.2 Å². The molecule has 2 aliphatic rings. The van der Waals surface area contributed by atoms with Crippen molar-refractivity contribution in [1.29, 1.82) is 0 Å². The van der Waals surface area contributed by atoms with E-state index in [0.29, 0.717) is 40.2 Å². The van der Waals surface area contributed by atoms with Gasteiger partial charge in [-0.15, -0.1) is 0 Å². The van der Waals surface area contributed by atoms with Crippen LogP contribution in [0.3, 0.4) is 0 Å². The molecule has 168 valence electrons. The first-order valence-electron chi connectivity index (χ1n) is 10.5. The summed E-state index contributed by atoms with van der Waals surface area (Å²) < 4.78 is 17.2. The third-order valence-corrected chi connectivity index (χ3v) is 6.37. The van der Waals surface area contributed by atoms with Crippen molar-refractivity contribution in [3.8, 4) is 17.2 Å². The molecule has 3 aromatic rings. The normalized spacial score (nSPS) is 16.2. The molecule has 2 heterocycles. The summed E-state index contributed by atoms with van der Waals surface area (Å²) >= 11 is 12.3. The molecule has 0 unspecified atom stereocenters. The van der Waals surface area contributed by atoms with Gasteiger partial charge in [0.15, 0.2) is 5.76 Å². The maximum Gasteiger partial charge on any atom is 0.231 e. The van der Waals surface area contributed by atoms with Crippen molar-refractivity contribution in [1.82, 2.24) is 4.90 Å². The number of fused-ring (bicyclic) bond motifs is 3. The number of allylic oxidation sites excluding steroid dienone is 1. The third kappa shape index (κ3) is 4.44. The van der Waals surface area contributed by atoms with Gasteiger partial charge >= 0.3 is 0 Å². The van der Waals surface area contributed by atoms with E-state index in [1.54, 1.807) is 37.5 Å². The molecule has 2 aliphatic heterocycles. The van der Waals surface area contributed by atoms with Crippen LogP contribution in [-0.4, -0.2) is 31.1 Å². The lowest BCUT2D eigenvalue weighted by Crippen LogP contribution is -2.33. The average Bonchev–Trinajstić information content (AvgIpc) is 3.15. The standard InChI is InChI=1S/C26H21Cl2NO4/c1-31-19-6-2-16(3-7-19)10-11-29-14-21-23(32-15-29)9-8-20-25(30)24(33-26(20)21)12-17-4-5-18(27)13-22(17)28/h2-9,12-13H,10-11,14-15H2,1H3/b24-12-. The Morgan fingerprint density at radius 3 is 2.67 bits per heavy atom. The first-order chi connectivity index (χ1) is 16.0. The Morgan fingerprint density at radius 1 is 1.09 bits per heavy atom. The molecule has 0 bridgehead atoms. The molecule has 3 aromatic carbocycles. The van der Waals surface area contributed by atoms with Gasteiger partial charge < -0.3 is 14.2 Å². The molecule has 0 aromatic heterocycles. The predicted octanol–water partition coefficient (Wildman–Crippen LogP) is 6.01. The minimum absolute atomic E-state index is 0.172. The van der Waals surface area contributed by atoms with Crippen LogP contribution in [0.2, 0.25) is 10.0 Å². The lowest BCUT2D eigenvalue weighted by molar-refractivity contribution is 0.0949. The van der Waals surface area contributed by atoms with Crippen molar-refractivity contribution in [2.24, 2.45) is 0 Å². The number of hydrogen-bond acceptors (Lipinski definition) is 5. The average molecular weight is 482 g/mol. The summed E-state index contributed by atoms with van der Waals surface area (Å²) in [6.07, 6.45) is 2.52. The highest BCUT2D eigenvalue weighted by Crippen LogP contribution is 2.42. The number of hydrogen-bond donors (Lipinski definition) is 0. The van der Waals surface area contributed by atoms with Crippen LogP contribution in [0.15, 0.2) is 60.4 Å². The van der Waals surface area contributed by atoms with Crippen molar-refractivity contribution in [2.75, 3.05) is 20.4 Å². The summed E-state index contributed by atoms with van der Waals surface area (Å²) in [5.74, 6) is 2.21. The highest BCUT2D eigenvalue weighted by Gasteiger charge is 2.33. The van der Waals surface area contributed by atoms with E-state index in [2.05, 4.69) is 17.0 Å². The monoisotopic (exact) mass is 481 g/mol. The molecule has 5 rings (SSSR count). The quantitative estimate of drug-likeness (QED) is 0.417. The second-order valence-electron chi connectivity index (χ2n) is 7.95. The summed E-state index contributed by atoms with van der Waals surface area (Å²) in [5.41, 5.74) is 3.30. The Kier molecular flexibility index (Phi) is 6.02. The summed E-state index contributed by atoms with van der Waals surface area (Å²) in [6, 6.07) is 16.8. The first-order valence-corrected chi connectivity index (χ1v) is 11.3. The number of rotatable bonds is 5. The van der Waals surface area contributed by atoms with Gasteiger partial charge in [0, 0.05) is 23.1 Å². The van der Waals surface area contributed by atoms with Gasteiger partial charge in [-0.25, -0.2) is 0 Å². The highest BCUT2D eigenvalue weighted by molar-refractivity contribution is 6.35. The molecule has 5 nitrogen and oxygen atoms in total. The Bertz CT molecular complexity index is 1250. The molecular weight excluding hydrogens is 461 g/mol. The third-order valence-electron chi connectivity index (χ3n) is 5.81. The molecule has 0 saturated heterocycles. The number of carbonyl (C=O) groups is 1. The zero-order valence-corrected chi connectivity index (χ0v) is 19.4. The number of ether oxygens (including phenoxy) is 3. The predicted molar refractivity (Wildman–Crippen MR) is 128 cm³/mol. The van der Waals surface area contributed by atoms with Gasteiger partial charge in [0.25, 0.3) is 0 Å². The molecule has 0 spiro atoms. The number of methoxy groups -OCH3 is 1. The van der Waals surface area contributed by atoms with Crippen molar-refractivity contribution < 1.29 is 19.0 Å². The van der Waals surface area contributed by atoms with Crippen LogP contribution in [0, 0.1) is 0 Å². The van der Waals surface area contributed by atoms with E-state index in [1.807, 2.05) is 18.2 Å². The van der Waals surface area contributed by atoms with E-state index in [0.717, 1.165) is 30.0 Å². The van der Waals surface area contributed by atoms with Gasteiger partial charge in [0.1, 0.15) is 24.0 Å². The van der Waals surface area contributed by atoms with Crippen LogP contribution in [-0.2, 0) is 13.0 Å². The molecule has 0 fully saturated rings. The number of ketones is 1. The molecule has 0 N–H and O–H groups in total. The second kappa shape index (κ2) is 9.10. The van der Waals surface area contributed by atoms with E-state index >= 15 is 0 Å². The largest absolute Gasteiger partial charge is 0.497 e. The van der Waals surface area contributed by atoms with Crippen molar-refractivity contribution >= 4 is 35.1 Å². The van der Waals surface area contributed by atoms with Crippen molar-refractivity contribution in [3.05, 3.63) is 92.7 Å². The summed E-state index contributed by atoms with van der Waals surface area (Å²) in [6.45, 7) is 1.93. The van der Waals surface area contributed by atoms with E-state index in [9.17, 15) is 4.79 Å². The Balaban J connectivity index is 1.34. The van der Waals surface area contributed by atoms with Gasteiger partial charge in [-0.2, -0.15) is 0 Å². The number of nitrogens with zero attached hydrogens (tertiary/aromatic N) is 1. The molecule has 0 amide bonds. The second-order valence-corrected chi connectivity index (χ2v) is 8.79. The fourth-order valence-electron chi connectivity index (χ4n) is 3.99. The number of Topliss-reactive ketones (excluding diaryl/α,β-unsaturated/α-hetero) is 1. The molecule has 7 heteroatoms. The zero-order valence-electron chi connectivity index (χ0n) is 17.9. The molecular formula is C26H21Cl2NO4. The van der Waals surface area contributed by atoms with E-state index < -0.39 is 0 Å². The molecule has 0 atom stereocenters. The van der Waals surface area contributed by atoms with Crippen LogP contribution < -0.4 is 14.2 Å². The van der Waals surface area contributed by atoms with Crippen molar-refractivity contribution in [3.63, 3.8) is 0 Å². The Morgan fingerprint density at radius 2 is 1.91 bits per heavy atom. The van der Waals surface area contributed by atoms with Crippen LogP contribution >= 0.6 is 23.2 Å². The van der Waals surface area contributed by atoms with Gasteiger partial charge in [0.2, 0.25) is 5.78 Å². The maximum atomic E-state index is 13.0. The number of halogens is 2. The minimum Gasteiger partial charge on any atom is -0.497 e. The Labute approximate surface area is 202 Å². The molecule has 0 radical (unpaired) electrons. The molecule has 33 heavy (non-hydrogen) atoms. The molecule has 0 aliphatic carbocycles. The van der Waals surface area contributed by atoms with Crippen LogP contribution in [0.1, 0.15) is 27.0 Å². The summed E-state index contributed by atoms with van der Waals surface area (Å²) in [7, 11) is 1.66. The van der Waals surface area contributed by atoms with Gasteiger partial charge in [-0.3, -0.25) is 9.69 Å². The van der Waals surface area contributed by atoms with Crippen molar-refractivity contribution in [2.45, 2.75) is 13.0 Å². The smallest absolute Gasteiger partial charge is 0.231 e. The highest BCUT2D eigenvalue weighted by atomic mass is 35.5. The lowest BCUT2D eigenvalue weighted by Gasteiger charge is -2.29. The zero-order chi connectivity index (χ0) is 22.9. The van der Waals surface area contributed by atoms with Gasteiger partial charge in [-0.05, 0) is 60.0 Å². The van der Waals surface area contributed by atoms with Gasteiger partial charge in [-0.1, -0.05) is 41.4 Å². The Hall–Kier alpha value is -2.99. The van der Waals surface area contributed by atoms with E-state index in [1.165, 1.54) is 5.56 Å². The first kappa shape index (κ1) is 21.8. The fourth-order valence-corrected chi connectivity index (χ4v) is 4.45. The summed E-state index contributed by atoms with van der Waals surface area (Å²) in [4.78, 5) is 15.2. The number of benzene rings is 3. The number of carbonyl (C=O) groups excluding carboxylic acids is 1. The lowest BCUT2D eigenvalue weighted by atomic mass is 10.0. The van der Waals surface area contributed by atoms with E-state index in [4.69, 9.17) is 37.4 Å². The van der Waals surface area contributed by atoms with Crippen LogP contribution in [0.4, 0.5) is 0 Å². The minimum atomic E-state index is -0.172. The molecule has 0 saturated carbocycles. The van der Waals surface area contributed by atoms with E-state index in [-0.39, 0.29) is 11.5 Å². The topological polar surface area (TPSA) is 48.0 Å². The van der Waals surface area contributed by atoms with Gasteiger partial charge in [0.05, 0.1) is 18.2 Å². The SMILES string of the molecule is COc1ccc(CCN2COc3ccc4c(c3C2)O/C(=C\c2ccc(Cl)cc2Cl)C4=O)cc1. The van der Waals surface area contributed by atoms with Crippen LogP contribution in [0.25, 0.3) is 6.08 Å². The summed E-state index contributed by atoms with van der Waals surface area (Å²) in [5, 5.41) is 0.988. The fraction of sp³-hybridized carbons (Fsp3) is 0.192.